The Labute approximate surface area is 242 Å². The molecule has 0 saturated carbocycles. The molecule has 0 spiro atoms. The number of carbonyl (C=O) groups excluding carboxylic acids is 1. The first kappa shape index (κ1) is 27.2. The molecule has 0 aromatic rings. The quantitative estimate of drug-likeness (QED) is 0.360. The summed E-state index contributed by atoms with van der Waals surface area (Å²) in [4.78, 5) is 27.5. The number of esters is 1. The molecule has 0 aromatic heterocycles. The van der Waals surface area contributed by atoms with E-state index >= 15 is 0 Å². The molecule has 0 amide bonds. The van der Waals surface area contributed by atoms with Crippen LogP contribution in [0.3, 0.4) is 0 Å². The fourth-order valence-corrected chi connectivity index (χ4v) is 6.98. The summed E-state index contributed by atoms with van der Waals surface area (Å²) in [5.41, 5.74) is 15.1. The predicted octanol–water partition coefficient (Wildman–Crippen LogP) is 7.02. The summed E-state index contributed by atoms with van der Waals surface area (Å²) in [6.45, 7) is 12.8. The number of nitrogens with one attached hydrogen (secondary N) is 1. The molecule has 1 aliphatic carbocycles. The number of fused-ring (bicyclic) bond motifs is 5. The van der Waals surface area contributed by atoms with Gasteiger partial charge >= 0.3 is 5.97 Å². The number of methoxy groups -OCH3 is 1. The van der Waals surface area contributed by atoms with Crippen LogP contribution >= 0.6 is 0 Å². The van der Waals surface area contributed by atoms with Gasteiger partial charge in [0, 0.05) is 47.2 Å². The molecule has 0 aromatic carbocycles. The number of ether oxygens (including phenoxy) is 1. The zero-order valence-corrected chi connectivity index (χ0v) is 25.0. The van der Waals surface area contributed by atoms with Crippen LogP contribution in [0.4, 0.5) is 0 Å². The van der Waals surface area contributed by atoms with E-state index in [-0.39, 0.29) is 17.8 Å². The largest absolute Gasteiger partial charge is 0.511 e. The Hall–Kier alpha value is -4.00. The Morgan fingerprint density at radius 1 is 0.976 bits per heavy atom. The van der Waals surface area contributed by atoms with Gasteiger partial charge in [-0.15, -0.1) is 0 Å². The summed E-state index contributed by atoms with van der Waals surface area (Å²) in [6.07, 6.45) is 9.48. The SMILES string of the molecule is CCC1=C(C)C2=NC1=CC1=C(C)C3=C(O)CC(=C4NC(=CC5=NC(=C2)C(CC)=C5C)[C@@H](C)[C@@H]4CCC(=O)OC)C3=N1. The molecule has 7 nitrogen and oxygen atoms in total. The van der Waals surface area contributed by atoms with Crippen LogP contribution < -0.4 is 5.32 Å². The highest BCUT2D eigenvalue weighted by molar-refractivity contribution is 6.21. The molecule has 1 saturated heterocycles. The number of allylic oxidation sites excluding steroid dienone is 12. The third-order valence-corrected chi connectivity index (χ3v) is 9.42. The van der Waals surface area contributed by atoms with E-state index in [1.165, 1.54) is 29.4 Å². The maximum Gasteiger partial charge on any atom is 0.305 e. The van der Waals surface area contributed by atoms with E-state index in [1.54, 1.807) is 0 Å². The van der Waals surface area contributed by atoms with Gasteiger partial charge in [0.25, 0.3) is 0 Å². The van der Waals surface area contributed by atoms with Gasteiger partial charge in [0.1, 0.15) is 5.76 Å². The molecule has 1 fully saturated rings. The summed E-state index contributed by atoms with van der Waals surface area (Å²) in [6, 6.07) is 0. The highest BCUT2D eigenvalue weighted by Crippen LogP contribution is 2.46. The standard InChI is InChI=1S/C34H38N4O3/c1-8-20-16(3)24-13-26-18(5)22(10-11-31(40)41-7)33(37-26)23-12-30(39)32-19(6)27(38-34(23)32)15-29-21(9-2)17(4)25(36-29)14-28(20)35-24/h13-15,18,22,37,39H,8-12H2,1-7H3/t18-,22-/m0/s1. The van der Waals surface area contributed by atoms with Gasteiger partial charge in [-0.1, -0.05) is 20.8 Å². The molecule has 6 aliphatic rings. The van der Waals surface area contributed by atoms with Crippen LogP contribution in [-0.4, -0.2) is 35.3 Å². The molecular formula is C34H38N4O3. The van der Waals surface area contributed by atoms with Gasteiger partial charge in [0.15, 0.2) is 0 Å². The number of rotatable bonds is 5. The summed E-state index contributed by atoms with van der Waals surface area (Å²) in [5, 5.41) is 14.9. The minimum Gasteiger partial charge on any atom is -0.511 e. The van der Waals surface area contributed by atoms with Gasteiger partial charge in [0.2, 0.25) is 0 Å². The van der Waals surface area contributed by atoms with E-state index in [4.69, 9.17) is 19.7 Å². The molecule has 41 heavy (non-hydrogen) atoms. The number of nitrogens with zero attached hydrogens (tertiary/aromatic N) is 3. The molecule has 2 N–H and O–H groups in total. The van der Waals surface area contributed by atoms with E-state index in [2.05, 4.69) is 58.2 Å². The van der Waals surface area contributed by atoms with Crippen LogP contribution in [-0.2, 0) is 9.53 Å². The minimum absolute atomic E-state index is 0.0504. The number of aliphatic imine (C=N–C) groups is 3. The van der Waals surface area contributed by atoms with Crippen molar-refractivity contribution in [3.05, 3.63) is 91.5 Å². The molecular weight excluding hydrogens is 512 g/mol. The number of hydrogen-bond donors (Lipinski definition) is 2. The molecule has 212 valence electrons. The number of aliphatic hydroxyl groups excluding tert-OH is 1. The van der Waals surface area contributed by atoms with E-state index in [0.717, 1.165) is 75.2 Å². The third-order valence-electron chi connectivity index (χ3n) is 9.42. The molecule has 8 bridgehead atoms. The van der Waals surface area contributed by atoms with E-state index in [9.17, 15) is 9.90 Å². The normalized spacial score (nSPS) is 25.0. The van der Waals surface area contributed by atoms with Crippen molar-refractivity contribution in [3.8, 4) is 0 Å². The molecule has 5 heterocycles. The molecule has 0 radical (unpaired) electrons. The van der Waals surface area contributed by atoms with Gasteiger partial charge in [0.05, 0.1) is 41.3 Å². The highest BCUT2D eigenvalue weighted by atomic mass is 16.5. The topological polar surface area (TPSA) is 95.6 Å². The average molecular weight is 551 g/mol. The third kappa shape index (κ3) is 4.25. The second kappa shape index (κ2) is 10.1. The van der Waals surface area contributed by atoms with Crippen molar-refractivity contribution in [2.75, 3.05) is 7.11 Å². The van der Waals surface area contributed by atoms with Crippen molar-refractivity contribution in [1.82, 2.24) is 5.32 Å². The summed E-state index contributed by atoms with van der Waals surface area (Å²) < 4.78 is 4.98. The van der Waals surface area contributed by atoms with Crippen LogP contribution in [0.2, 0.25) is 0 Å². The lowest BCUT2D eigenvalue weighted by molar-refractivity contribution is -0.140. The average Bonchev–Trinajstić information content (AvgIpc) is 3.70. The zero-order valence-electron chi connectivity index (χ0n) is 25.0. The molecule has 7 heteroatoms. The first-order valence-electron chi connectivity index (χ1n) is 14.7. The van der Waals surface area contributed by atoms with E-state index < -0.39 is 0 Å². The predicted molar refractivity (Wildman–Crippen MR) is 164 cm³/mol. The lowest BCUT2D eigenvalue weighted by atomic mass is 9.86. The van der Waals surface area contributed by atoms with Crippen molar-refractivity contribution in [3.63, 3.8) is 0 Å². The van der Waals surface area contributed by atoms with Crippen LogP contribution in [0.1, 0.15) is 73.6 Å². The van der Waals surface area contributed by atoms with Gasteiger partial charge in [-0.3, -0.25) is 4.79 Å². The number of carbonyl (C=O) groups is 1. The Bertz CT molecular complexity index is 1650. The molecule has 0 unspecified atom stereocenters. The maximum atomic E-state index is 12.2. The van der Waals surface area contributed by atoms with Crippen molar-refractivity contribution in [2.45, 2.75) is 73.6 Å². The Balaban J connectivity index is 1.59. The Morgan fingerprint density at radius 2 is 1.61 bits per heavy atom. The van der Waals surface area contributed by atoms with Crippen molar-refractivity contribution in [2.24, 2.45) is 26.8 Å². The molecule has 6 rings (SSSR count). The van der Waals surface area contributed by atoms with Gasteiger partial charge in [-0.05, 0) is 86.1 Å². The summed E-state index contributed by atoms with van der Waals surface area (Å²) in [7, 11) is 1.43. The Morgan fingerprint density at radius 3 is 2.24 bits per heavy atom. The molecule has 2 atom stereocenters. The Kier molecular flexibility index (Phi) is 6.71. The van der Waals surface area contributed by atoms with Crippen LogP contribution in [0.25, 0.3) is 0 Å². The highest BCUT2D eigenvalue weighted by Gasteiger charge is 2.41. The molecule has 5 aliphatic heterocycles. The van der Waals surface area contributed by atoms with Crippen LogP contribution in [0.5, 0.6) is 0 Å². The zero-order chi connectivity index (χ0) is 29.2. The van der Waals surface area contributed by atoms with Crippen molar-refractivity contribution < 1.29 is 14.6 Å². The first-order valence-corrected chi connectivity index (χ1v) is 14.7. The lowest BCUT2D eigenvalue weighted by Crippen LogP contribution is -2.16. The summed E-state index contributed by atoms with van der Waals surface area (Å²) >= 11 is 0. The van der Waals surface area contributed by atoms with E-state index in [0.29, 0.717) is 25.0 Å². The van der Waals surface area contributed by atoms with Crippen molar-refractivity contribution in [1.29, 1.82) is 0 Å². The summed E-state index contributed by atoms with van der Waals surface area (Å²) in [5.74, 6) is 0.291. The second-order valence-electron chi connectivity index (χ2n) is 11.6. The second-order valence-corrected chi connectivity index (χ2v) is 11.6. The fraction of sp³-hybridized carbons (Fsp3) is 0.412. The fourth-order valence-electron chi connectivity index (χ4n) is 6.98. The van der Waals surface area contributed by atoms with Crippen molar-refractivity contribution >= 4 is 23.1 Å². The maximum absolute atomic E-state index is 12.2. The monoisotopic (exact) mass is 550 g/mol. The van der Waals surface area contributed by atoms with Gasteiger partial charge in [-0.2, -0.15) is 0 Å². The van der Waals surface area contributed by atoms with Gasteiger partial charge in [-0.25, -0.2) is 15.0 Å². The number of hydrogen-bond acceptors (Lipinski definition) is 7. The van der Waals surface area contributed by atoms with E-state index in [1.807, 2.05) is 6.92 Å². The van der Waals surface area contributed by atoms with Crippen LogP contribution in [0, 0.1) is 11.8 Å². The smallest absolute Gasteiger partial charge is 0.305 e. The number of aliphatic hydroxyl groups is 1. The van der Waals surface area contributed by atoms with Gasteiger partial charge < -0.3 is 15.2 Å². The first-order chi connectivity index (χ1) is 19.7. The van der Waals surface area contributed by atoms with Crippen LogP contribution in [0.15, 0.2) is 106 Å². The lowest BCUT2D eigenvalue weighted by Gasteiger charge is -2.17. The minimum atomic E-state index is -0.220.